The first-order chi connectivity index (χ1) is 8.25. The minimum atomic E-state index is -0.767. The topological polar surface area (TPSA) is 65.5 Å². The lowest BCUT2D eigenvalue weighted by Crippen LogP contribution is -2.43. The van der Waals surface area contributed by atoms with E-state index < -0.39 is 5.97 Å². The number of nitrogens with one attached hydrogen (secondary N) is 1. The van der Waals surface area contributed by atoms with Crippen LogP contribution in [0.3, 0.4) is 0 Å². The first-order valence-electron chi connectivity index (χ1n) is 5.88. The first kappa shape index (κ1) is 11.9. The van der Waals surface area contributed by atoms with E-state index in [1.165, 1.54) is 0 Å². The van der Waals surface area contributed by atoms with Gasteiger partial charge in [0.25, 0.3) is 0 Å². The molecule has 92 valence electrons. The quantitative estimate of drug-likeness (QED) is 0.796. The summed E-state index contributed by atoms with van der Waals surface area (Å²) in [5.74, 6) is 0.210. The maximum Gasteiger partial charge on any atom is 0.303 e. The van der Waals surface area contributed by atoms with E-state index in [1.54, 1.807) is 6.20 Å². The Morgan fingerprint density at radius 1 is 1.41 bits per heavy atom. The molecule has 2 rings (SSSR count). The molecule has 5 heteroatoms. The van der Waals surface area contributed by atoms with Gasteiger partial charge in [0, 0.05) is 38.8 Å². The average molecular weight is 235 g/mol. The standard InChI is InChI=1S/C12H17N3O2/c16-12(17)4-2-10-1-3-11(14-9-10)15-7-5-13-6-8-15/h1,3,9,13H,2,4-8H2,(H,16,17). The van der Waals surface area contributed by atoms with Crippen LogP contribution in [-0.2, 0) is 11.2 Å². The molecule has 5 nitrogen and oxygen atoms in total. The van der Waals surface area contributed by atoms with Gasteiger partial charge in [-0.05, 0) is 18.1 Å². The highest BCUT2D eigenvalue weighted by Crippen LogP contribution is 2.12. The molecule has 2 heterocycles. The SMILES string of the molecule is O=C(O)CCc1ccc(N2CCNCC2)nc1. The van der Waals surface area contributed by atoms with Crippen LogP contribution in [0.15, 0.2) is 18.3 Å². The molecular formula is C12H17N3O2. The lowest BCUT2D eigenvalue weighted by molar-refractivity contribution is -0.136. The van der Waals surface area contributed by atoms with E-state index >= 15 is 0 Å². The zero-order valence-corrected chi connectivity index (χ0v) is 9.72. The fourth-order valence-electron chi connectivity index (χ4n) is 1.90. The van der Waals surface area contributed by atoms with Crippen molar-refractivity contribution in [2.75, 3.05) is 31.1 Å². The van der Waals surface area contributed by atoms with E-state index in [0.717, 1.165) is 37.6 Å². The van der Waals surface area contributed by atoms with Gasteiger partial charge in [-0.3, -0.25) is 4.79 Å². The second-order valence-corrected chi connectivity index (χ2v) is 4.16. The molecule has 0 amide bonds. The second kappa shape index (κ2) is 5.63. The Morgan fingerprint density at radius 2 is 2.18 bits per heavy atom. The Bertz CT molecular complexity index is 372. The summed E-state index contributed by atoms with van der Waals surface area (Å²) < 4.78 is 0. The number of carbonyl (C=O) groups is 1. The number of piperazine rings is 1. The Balaban J connectivity index is 1.94. The molecule has 0 aromatic carbocycles. The maximum atomic E-state index is 10.5. The van der Waals surface area contributed by atoms with Gasteiger partial charge in [0.1, 0.15) is 5.82 Å². The van der Waals surface area contributed by atoms with E-state index in [4.69, 9.17) is 5.11 Å². The lowest BCUT2D eigenvalue weighted by atomic mass is 10.1. The highest BCUT2D eigenvalue weighted by Gasteiger charge is 2.11. The van der Waals surface area contributed by atoms with Crippen molar-refractivity contribution in [1.82, 2.24) is 10.3 Å². The third-order valence-electron chi connectivity index (χ3n) is 2.88. The van der Waals surface area contributed by atoms with E-state index in [1.807, 2.05) is 12.1 Å². The molecule has 1 aromatic rings. The van der Waals surface area contributed by atoms with Crippen molar-refractivity contribution in [3.63, 3.8) is 0 Å². The van der Waals surface area contributed by atoms with Crippen molar-refractivity contribution in [3.05, 3.63) is 23.9 Å². The van der Waals surface area contributed by atoms with Gasteiger partial charge in [-0.25, -0.2) is 4.98 Å². The predicted molar refractivity (Wildman–Crippen MR) is 65.3 cm³/mol. The van der Waals surface area contributed by atoms with Gasteiger partial charge in [0.05, 0.1) is 0 Å². The number of aliphatic carboxylic acids is 1. The van der Waals surface area contributed by atoms with Gasteiger partial charge in [-0.15, -0.1) is 0 Å². The first-order valence-corrected chi connectivity index (χ1v) is 5.88. The largest absolute Gasteiger partial charge is 0.481 e. The normalized spacial score (nSPS) is 15.9. The number of carboxylic acids is 1. The van der Waals surface area contributed by atoms with Crippen molar-refractivity contribution in [2.45, 2.75) is 12.8 Å². The molecule has 0 atom stereocenters. The van der Waals surface area contributed by atoms with Gasteiger partial charge in [0.15, 0.2) is 0 Å². The molecule has 1 aliphatic rings. The molecule has 0 unspecified atom stereocenters. The molecule has 0 bridgehead atoms. The Morgan fingerprint density at radius 3 is 2.76 bits per heavy atom. The van der Waals surface area contributed by atoms with Crippen molar-refractivity contribution >= 4 is 11.8 Å². The van der Waals surface area contributed by atoms with Crippen LogP contribution in [-0.4, -0.2) is 42.2 Å². The number of anilines is 1. The Hall–Kier alpha value is -1.62. The van der Waals surface area contributed by atoms with Crippen molar-refractivity contribution < 1.29 is 9.90 Å². The summed E-state index contributed by atoms with van der Waals surface area (Å²) in [5.41, 5.74) is 0.978. The molecule has 1 fully saturated rings. The van der Waals surface area contributed by atoms with Gasteiger partial charge >= 0.3 is 5.97 Å². The molecule has 0 spiro atoms. The number of pyridine rings is 1. The summed E-state index contributed by atoms with van der Waals surface area (Å²) in [6, 6.07) is 3.94. The van der Waals surface area contributed by atoms with E-state index in [9.17, 15) is 4.79 Å². The van der Waals surface area contributed by atoms with Crippen LogP contribution in [0.1, 0.15) is 12.0 Å². The summed E-state index contributed by atoms with van der Waals surface area (Å²) in [7, 11) is 0. The molecule has 17 heavy (non-hydrogen) atoms. The predicted octanol–water partition coefficient (Wildman–Crippen LogP) is 0.508. The average Bonchev–Trinajstić information content (AvgIpc) is 2.38. The summed E-state index contributed by atoms with van der Waals surface area (Å²) in [5, 5.41) is 11.9. The molecular weight excluding hydrogens is 218 g/mol. The van der Waals surface area contributed by atoms with Crippen LogP contribution in [0.2, 0.25) is 0 Å². The number of carboxylic acid groups (broad SMARTS) is 1. The number of nitrogens with zero attached hydrogens (tertiary/aromatic N) is 2. The van der Waals surface area contributed by atoms with Crippen LogP contribution >= 0.6 is 0 Å². The molecule has 0 radical (unpaired) electrons. The van der Waals surface area contributed by atoms with Crippen molar-refractivity contribution in [1.29, 1.82) is 0 Å². The molecule has 1 aromatic heterocycles. The van der Waals surface area contributed by atoms with Gasteiger partial charge in [-0.2, -0.15) is 0 Å². The Labute approximate surface area is 100 Å². The highest BCUT2D eigenvalue weighted by molar-refractivity contribution is 5.67. The van der Waals surface area contributed by atoms with E-state index in [0.29, 0.717) is 6.42 Å². The van der Waals surface area contributed by atoms with Crippen molar-refractivity contribution in [2.24, 2.45) is 0 Å². The third-order valence-corrected chi connectivity index (χ3v) is 2.88. The number of hydrogen-bond donors (Lipinski definition) is 2. The zero-order chi connectivity index (χ0) is 12.1. The molecule has 2 N–H and O–H groups in total. The number of aromatic nitrogens is 1. The summed E-state index contributed by atoms with van der Waals surface area (Å²) in [6.45, 7) is 3.92. The summed E-state index contributed by atoms with van der Waals surface area (Å²) in [6.07, 6.45) is 2.49. The maximum absolute atomic E-state index is 10.5. The zero-order valence-electron chi connectivity index (χ0n) is 9.72. The highest BCUT2D eigenvalue weighted by atomic mass is 16.4. The van der Waals surface area contributed by atoms with E-state index in [-0.39, 0.29) is 6.42 Å². The fourth-order valence-corrected chi connectivity index (χ4v) is 1.90. The van der Waals surface area contributed by atoms with Crippen LogP contribution < -0.4 is 10.2 Å². The Kier molecular flexibility index (Phi) is 3.93. The van der Waals surface area contributed by atoms with Gasteiger partial charge in [-0.1, -0.05) is 6.07 Å². The number of hydrogen-bond acceptors (Lipinski definition) is 4. The smallest absolute Gasteiger partial charge is 0.303 e. The fraction of sp³-hybridized carbons (Fsp3) is 0.500. The minimum Gasteiger partial charge on any atom is -0.481 e. The van der Waals surface area contributed by atoms with Crippen LogP contribution in [0.4, 0.5) is 5.82 Å². The molecule has 0 aliphatic carbocycles. The van der Waals surface area contributed by atoms with Crippen LogP contribution in [0, 0.1) is 0 Å². The molecule has 0 saturated carbocycles. The monoisotopic (exact) mass is 235 g/mol. The number of aryl methyl sites for hydroxylation is 1. The van der Waals surface area contributed by atoms with Crippen LogP contribution in [0.5, 0.6) is 0 Å². The van der Waals surface area contributed by atoms with Crippen LogP contribution in [0.25, 0.3) is 0 Å². The van der Waals surface area contributed by atoms with Gasteiger partial charge < -0.3 is 15.3 Å². The summed E-state index contributed by atoms with van der Waals surface area (Å²) in [4.78, 5) is 17.1. The third kappa shape index (κ3) is 3.42. The molecule has 1 aliphatic heterocycles. The summed E-state index contributed by atoms with van der Waals surface area (Å²) >= 11 is 0. The van der Waals surface area contributed by atoms with E-state index in [2.05, 4.69) is 15.2 Å². The van der Waals surface area contributed by atoms with Gasteiger partial charge in [0.2, 0.25) is 0 Å². The minimum absolute atomic E-state index is 0.161. The number of rotatable bonds is 4. The lowest BCUT2D eigenvalue weighted by Gasteiger charge is -2.28. The molecule has 1 saturated heterocycles. The van der Waals surface area contributed by atoms with Crippen molar-refractivity contribution in [3.8, 4) is 0 Å². The second-order valence-electron chi connectivity index (χ2n) is 4.16.